The van der Waals surface area contributed by atoms with E-state index in [1.165, 1.54) is 45.1 Å². The topological polar surface area (TPSA) is 35.5 Å². The van der Waals surface area contributed by atoms with Crippen molar-refractivity contribution in [3.05, 3.63) is 0 Å². The van der Waals surface area contributed by atoms with E-state index in [1.54, 1.807) is 0 Å². The van der Waals surface area contributed by atoms with E-state index in [2.05, 4.69) is 24.1 Å². The second-order valence-corrected chi connectivity index (χ2v) is 6.78. The van der Waals surface area contributed by atoms with Gasteiger partial charge in [-0.05, 0) is 44.6 Å². The van der Waals surface area contributed by atoms with Gasteiger partial charge in [-0.1, -0.05) is 26.7 Å². The minimum Gasteiger partial charge on any atom is -0.395 e. The monoisotopic (exact) mass is 268 g/mol. The Morgan fingerprint density at radius 2 is 1.89 bits per heavy atom. The lowest BCUT2D eigenvalue weighted by molar-refractivity contribution is 0.0551. The predicted molar refractivity (Wildman–Crippen MR) is 80.3 cm³/mol. The van der Waals surface area contributed by atoms with Crippen LogP contribution in [0, 0.1) is 5.92 Å². The molecule has 0 radical (unpaired) electrons. The molecule has 19 heavy (non-hydrogen) atoms. The molecule has 112 valence electrons. The fraction of sp³-hybridized carbons (Fsp3) is 1.00. The summed E-state index contributed by atoms with van der Waals surface area (Å²) in [5, 5.41) is 12.9. The Kier molecular flexibility index (Phi) is 6.11. The Bertz CT molecular complexity index is 255. The molecule has 1 unspecified atom stereocenters. The van der Waals surface area contributed by atoms with Crippen molar-refractivity contribution in [2.24, 2.45) is 5.92 Å². The highest BCUT2D eigenvalue weighted by molar-refractivity contribution is 4.87. The van der Waals surface area contributed by atoms with Crippen LogP contribution in [0.15, 0.2) is 0 Å². The molecule has 1 aliphatic heterocycles. The first kappa shape index (κ1) is 15.3. The van der Waals surface area contributed by atoms with E-state index in [0.29, 0.717) is 6.04 Å². The summed E-state index contributed by atoms with van der Waals surface area (Å²) in [6.45, 7) is 7.01. The quantitative estimate of drug-likeness (QED) is 0.776. The van der Waals surface area contributed by atoms with Gasteiger partial charge in [0.15, 0.2) is 0 Å². The van der Waals surface area contributed by atoms with Gasteiger partial charge in [0.25, 0.3) is 0 Å². The molecule has 3 atom stereocenters. The smallest absolute Gasteiger partial charge is 0.0585 e. The summed E-state index contributed by atoms with van der Waals surface area (Å²) in [4.78, 5) is 2.72. The van der Waals surface area contributed by atoms with Crippen LogP contribution in [0.4, 0.5) is 0 Å². The zero-order valence-electron chi connectivity index (χ0n) is 12.8. The molecule has 3 nitrogen and oxygen atoms in total. The van der Waals surface area contributed by atoms with Gasteiger partial charge in [-0.15, -0.1) is 0 Å². The number of likely N-dealkylation sites (tertiary alicyclic amines) is 1. The molecule has 3 heteroatoms. The maximum Gasteiger partial charge on any atom is 0.0585 e. The number of nitrogens with zero attached hydrogens (tertiary/aromatic N) is 1. The van der Waals surface area contributed by atoms with Gasteiger partial charge in [0.2, 0.25) is 0 Å². The first-order chi connectivity index (χ1) is 9.20. The van der Waals surface area contributed by atoms with Gasteiger partial charge in [-0.3, -0.25) is 0 Å². The van der Waals surface area contributed by atoms with E-state index < -0.39 is 0 Å². The molecule has 1 heterocycles. The van der Waals surface area contributed by atoms with E-state index in [4.69, 9.17) is 0 Å². The second-order valence-electron chi connectivity index (χ2n) is 6.78. The average Bonchev–Trinajstić information content (AvgIpc) is 2.43. The number of hydrogen-bond donors (Lipinski definition) is 2. The molecule has 0 bridgehead atoms. The predicted octanol–water partition coefficient (Wildman–Crippen LogP) is 2.39. The second kappa shape index (κ2) is 7.61. The molecule has 0 aromatic carbocycles. The van der Waals surface area contributed by atoms with Gasteiger partial charge in [0.1, 0.15) is 0 Å². The van der Waals surface area contributed by atoms with Gasteiger partial charge in [0, 0.05) is 24.7 Å². The Labute approximate surface area is 118 Å². The highest BCUT2D eigenvalue weighted by Gasteiger charge is 2.32. The van der Waals surface area contributed by atoms with Crippen LogP contribution in [0.1, 0.15) is 58.8 Å². The largest absolute Gasteiger partial charge is 0.395 e. The van der Waals surface area contributed by atoms with Crippen LogP contribution >= 0.6 is 0 Å². The van der Waals surface area contributed by atoms with Gasteiger partial charge in [-0.25, -0.2) is 0 Å². The maximum atomic E-state index is 9.46. The van der Waals surface area contributed by atoms with Crippen molar-refractivity contribution in [2.45, 2.75) is 76.9 Å². The van der Waals surface area contributed by atoms with Crippen LogP contribution in [0.25, 0.3) is 0 Å². The molecule has 1 saturated heterocycles. The van der Waals surface area contributed by atoms with Crippen molar-refractivity contribution >= 4 is 0 Å². The third kappa shape index (κ3) is 4.44. The Balaban J connectivity index is 1.80. The van der Waals surface area contributed by atoms with Gasteiger partial charge in [0.05, 0.1) is 6.61 Å². The number of nitrogens with one attached hydrogen (secondary N) is 1. The zero-order chi connectivity index (χ0) is 13.7. The molecular weight excluding hydrogens is 236 g/mol. The molecule has 1 aliphatic carbocycles. The standard InChI is InChI=1S/C16H32N2O/c1-13(2)17-15(12-19)9-11-18-10-5-7-14-6-3-4-8-16(14)18/h13-17,19H,3-12H2,1-2H3/t14-,15?,16-/m1/s1. The third-order valence-corrected chi connectivity index (χ3v) is 4.91. The molecule has 0 amide bonds. The van der Waals surface area contributed by atoms with Crippen LogP contribution in [-0.2, 0) is 0 Å². The average molecular weight is 268 g/mol. The Morgan fingerprint density at radius 1 is 1.16 bits per heavy atom. The summed E-state index contributed by atoms with van der Waals surface area (Å²) in [6.07, 6.45) is 9.64. The molecule has 1 saturated carbocycles. The van der Waals surface area contributed by atoms with E-state index >= 15 is 0 Å². The molecule has 2 aliphatic rings. The summed E-state index contributed by atoms with van der Waals surface area (Å²) in [5.41, 5.74) is 0. The molecule has 2 N–H and O–H groups in total. The van der Waals surface area contributed by atoms with Crippen LogP contribution in [0.5, 0.6) is 0 Å². The fourth-order valence-electron chi connectivity index (χ4n) is 4.03. The number of aliphatic hydroxyl groups is 1. The van der Waals surface area contributed by atoms with E-state index in [0.717, 1.165) is 24.9 Å². The van der Waals surface area contributed by atoms with Gasteiger partial charge in [-0.2, -0.15) is 0 Å². The summed E-state index contributed by atoms with van der Waals surface area (Å²) in [7, 11) is 0. The van der Waals surface area contributed by atoms with Crippen molar-refractivity contribution in [3.63, 3.8) is 0 Å². The SMILES string of the molecule is CC(C)NC(CO)CCN1CCC[C@H]2CCCC[C@H]21. The van der Waals surface area contributed by atoms with Crippen molar-refractivity contribution in [1.29, 1.82) is 0 Å². The van der Waals surface area contributed by atoms with Crippen LogP contribution in [0.2, 0.25) is 0 Å². The molecule has 0 spiro atoms. The normalized spacial score (nSPS) is 30.3. The van der Waals surface area contributed by atoms with Crippen LogP contribution in [0.3, 0.4) is 0 Å². The molecule has 2 rings (SSSR count). The van der Waals surface area contributed by atoms with Gasteiger partial charge < -0.3 is 15.3 Å². The number of fused-ring (bicyclic) bond motifs is 1. The number of aliphatic hydroxyl groups excluding tert-OH is 1. The summed E-state index contributed by atoms with van der Waals surface area (Å²) < 4.78 is 0. The minimum absolute atomic E-state index is 0.264. The summed E-state index contributed by atoms with van der Waals surface area (Å²) in [6, 6.07) is 1.57. The van der Waals surface area contributed by atoms with Crippen molar-refractivity contribution in [2.75, 3.05) is 19.7 Å². The lowest BCUT2D eigenvalue weighted by Crippen LogP contribution is -2.49. The van der Waals surface area contributed by atoms with E-state index in [1.807, 2.05) is 0 Å². The Morgan fingerprint density at radius 3 is 2.63 bits per heavy atom. The minimum atomic E-state index is 0.264. The summed E-state index contributed by atoms with van der Waals surface area (Å²) in [5.74, 6) is 0.966. The fourth-order valence-corrected chi connectivity index (χ4v) is 4.03. The number of hydrogen-bond acceptors (Lipinski definition) is 3. The molecule has 2 fully saturated rings. The Hall–Kier alpha value is -0.120. The first-order valence-corrected chi connectivity index (χ1v) is 8.31. The number of rotatable bonds is 6. The highest BCUT2D eigenvalue weighted by atomic mass is 16.3. The first-order valence-electron chi connectivity index (χ1n) is 8.31. The van der Waals surface area contributed by atoms with Crippen LogP contribution in [-0.4, -0.2) is 47.8 Å². The van der Waals surface area contributed by atoms with Gasteiger partial charge >= 0.3 is 0 Å². The van der Waals surface area contributed by atoms with Crippen LogP contribution < -0.4 is 5.32 Å². The van der Waals surface area contributed by atoms with Crippen molar-refractivity contribution in [1.82, 2.24) is 10.2 Å². The van der Waals surface area contributed by atoms with E-state index in [-0.39, 0.29) is 12.6 Å². The number of piperidine rings is 1. The van der Waals surface area contributed by atoms with Crippen molar-refractivity contribution in [3.8, 4) is 0 Å². The lowest BCUT2D eigenvalue weighted by atomic mass is 9.78. The summed E-state index contributed by atoms with van der Waals surface area (Å²) >= 11 is 0. The van der Waals surface area contributed by atoms with Crippen molar-refractivity contribution < 1.29 is 5.11 Å². The lowest BCUT2D eigenvalue weighted by Gasteiger charge is -2.44. The third-order valence-electron chi connectivity index (χ3n) is 4.91. The molecular formula is C16H32N2O. The zero-order valence-corrected chi connectivity index (χ0v) is 12.8. The van der Waals surface area contributed by atoms with E-state index in [9.17, 15) is 5.11 Å². The molecule has 0 aromatic heterocycles. The molecule has 0 aromatic rings. The highest BCUT2D eigenvalue weighted by Crippen LogP contribution is 2.35. The maximum absolute atomic E-state index is 9.46.